The molecule has 2 N–H and O–H groups in total. The van der Waals surface area contributed by atoms with Crippen LogP contribution in [0.15, 0.2) is 34.2 Å². The van der Waals surface area contributed by atoms with Gasteiger partial charge in [-0.05, 0) is 30.3 Å². The van der Waals surface area contributed by atoms with Gasteiger partial charge in [0.1, 0.15) is 5.75 Å². The molecule has 0 bridgehead atoms. The first-order valence-electron chi connectivity index (χ1n) is 5.70. The van der Waals surface area contributed by atoms with E-state index in [9.17, 15) is 4.79 Å². The Morgan fingerprint density at radius 1 is 1.44 bits per heavy atom. The van der Waals surface area contributed by atoms with Crippen molar-refractivity contribution < 1.29 is 9.53 Å². The number of carbonyl (C=O) groups is 1. The van der Waals surface area contributed by atoms with Gasteiger partial charge in [-0.1, -0.05) is 25.1 Å². The predicted octanol–water partition coefficient (Wildman–Crippen LogP) is 2.40. The molecule has 0 spiro atoms. The number of thioether (sulfide) groups is 1. The maximum atomic E-state index is 11.5. The molecule has 0 aromatic heterocycles. The lowest BCUT2D eigenvalue weighted by Gasteiger charge is -2.08. The second-order valence-corrected chi connectivity index (χ2v) is 4.81. The Bertz CT molecular complexity index is 523. The van der Waals surface area contributed by atoms with Gasteiger partial charge in [0.25, 0.3) is 5.91 Å². The Kier molecular flexibility index (Phi) is 4.04. The number of nitrogens with two attached hydrogens (primary N) is 1. The second kappa shape index (κ2) is 5.73. The Labute approximate surface area is 110 Å². The summed E-state index contributed by atoms with van der Waals surface area (Å²) >= 11 is 1.18. The molecule has 94 valence electrons. The second-order valence-electron chi connectivity index (χ2n) is 3.75. The largest absolute Gasteiger partial charge is 0.493 e. The maximum Gasteiger partial charge on any atom is 0.286 e. The Balaban J connectivity index is 2.24. The average molecular weight is 262 g/mol. The minimum atomic E-state index is -0.289. The molecule has 0 saturated heterocycles. The molecular weight excluding hydrogens is 248 g/mol. The highest BCUT2D eigenvalue weighted by molar-refractivity contribution is 8.18. The number of hydrogen-bond donors (Lipinski definition) is 1. The molecule has 1 heterocycles. The van der Waals surface area contributed by atoms with E-state index in [1.807, 2.05) is 31.2 Å². The van der Waals surface area contributed by atoms with Crippen LogP contribution in [0.2, 0.25) is 0 Å². The molecule has 4 nitrogen and oxygen atoms in total. The van der Waals surface area contributed by atoms with E-state index in [-0.39, 0.29) is 5.91 Å². The highest BCUT2D eigenvalue weighted by Gasteiger charge is 2.19. The molecule has 0 saturated carbocycles. The van der Waals surface area contributed by atoms with Crippen LogP contribution < -0.4 is 10.5 Å². The molecule has 1 amide bonds. The van der Waals surface area contributed by atoms with Crippen molar-refractivity contribution in [2.45, 2.75) is 13.3 Å². The standard InChI is InChI=1S/C13H14N2O2S/c1-2-7-17-10-6-4-3-5-9(10)8-11-12(16)15-13(14)18-11/h3-6,8H,2,7H2,1H3,(H2,14,15,16). The SMILES string of the molecule is CCCOc1ccccc1C=C1SC(N)=NC1=O. The van der Waals surface area contributed by atoms with Gasteiger partial charge in [-0.3, -0.25) is 4.79 Å². The quantitative estimate of drug-likeness (QED) is 0.846. The van der Waals surface area contributed by atoms with Crippen LogP contribution in [-0.4, -0.2) is 17.7 Å². The number of hydrogen-bond acceptors (Lipinski definition) is 4. The normalized spacial score (nSPS) is 17.1. The fourth-order valence-corrected chi connectivity index (χ4v) is 2.18. The summed E-state index contributed by atoms with van der Waals surface area (Å²) in [7, 11) is 0. The molecule has 1 aromatic rings. The van der Waals surface area contributed by atoms with Crippen molar-refractivity contribution in [3.8, 4) is 5.75 Å². The van der Waals surface area contributed by atoms with E-state index in [0.717, 1.165) is 17.7 Å². The lowest BCUT2D eigenvalue weighted by Crippen LogP contribution is -2.01. The Morgan fingerprint density at radius 3 is 2.89 bits per heavy atom. The zero-order valence-corrected chi connectivity index (χ0v) is 10.9. The first-order valence-corrected chi connectivity index (χ1v) is 6.52. The number of para-hydroxylation sites is 1. The minimum absolute atomic E-state index is 0.289. The number of carbonyl (C=O) groups excluding carboxylic acids is 1. The zero-order chi connectivity index (χ0) is 13.0. The molecule has 1 aliphatic heterocycles. The summed E-state index contributed by atoms with van der Waals surface area (Å²) < 4.78 is 5.62. The molecule has 2 rings (SSSR count). The Morgan fingerprint density at radius 2 is 2.22 bits per heavy atom. The van der Waals surface area contributed by atoms with Gasteiger partial charge in [0, 0.05) is 5.56 Å². The van der Waals surface area contributed by atoms with Crippen molar-refractivity contribution in [1.29, 1.82) is 0 Å². The highest BCUT2D eigenvalue weighted by atomic mass is 32.2. The lowest BCUT2D eigenvalue weighted by atomic mass is 10.2. The van der Waals surface area contributed by atoms with E-state index < -0.39 is 0 Å². The van der Waals surface area contributed by atoms with Gasteiger partial charge in [-0.15, -0.1) is 0 Å². The van der Waals surface area contributed by atoms with Crippen LogP contribution in [0.3, 0.4) is 0 Å². The van der Waals surface area contributed by atoms with Crippen LogP contribution >= 0.6 is 11.8 Å². The van der Waals surface area contributed by atoms with Gasteiger partial charge in [0.15, 0.2) is 5.17 Å². The fourth-order valence-electron chi connectivity index (χ4n) is 1.51. The van der Waals surface area contributed by atoms with E-state index in [1.165, 1.54) is 11.8 Å². The molecule has 1 aromatic carbocycles. The average Bonchev–Trinajstić information content (AvgIpc) is 2.67. The molecule has 1 aliphatic rings. The van der Waals surface area contributed by atoms with E-state index in [1.54, 1.807) is 6.08 Å². The monoisotopic (exact) mass is 262 g/mol. The van der Waals surface area contributed by atoms with Crippen LogP contribution in [0.25, 0.3) is 6.08 Å². The number of amidine groups is 1. The van der Waals surface area contributed by atoms with Gasteiger partial charge in [0.05, 0.1) is 11.5 Å². The van der Waals surface area contributed by atoms with Crippen molar-refractivity contribution in [3.63, 3.8) is 0 Å². The van der Waals surface area contributed by atoms with Crippen molar-refractivity contribution >= 4 is 28.9 Å². The molecule has 0 radical (unpaired) electrons. The molecular formula is C13H14N2O2S. The number of amides is 1. The van der Waals surface area contributed by atoms with E-state index in [4.69, 9.17) is 10.5 Å². The van der Waals surface area contributed by atoms with Crippen LogP contribution in [0.1, 0.15) is 18.9 Å². The summed E-state index contributed by atoms with van der Waals surface area (Å²) in [6.07, 6.45) is 2.70. The molecule has 0 atom stereocenters. The van der Waals surface area contributed by atoms with Crippen molar-refractivity contribution in [3.05, 3.63) is 34.7 Å². The molecule has 5 heteroatoms. The number of benzene rings is 1. The topological polar surface area (TPSA) is 64.7 Å². The van der Waals surface area contributed by atoms with E-state index >= 15 is 0 Å². The number of rotatable bonds is 4. The van der Waals surface area contributed by atoms with Gasteiger partial charge in [0.2, 0.25) is 0 Å². The number of nitrogens with zero attached hydrogens (tertiary/aromatic N) is 1. The molecule has 0 unspecified atom stereocenters. The summed E-state index contributed by atoms with van der Waals surface area (Å²) in [4.78, 5) is 15.7. The van der Waals surface area contributed by atoms with Crippen LogP contribution in [0.4, 0.5) is 0 Å². The third-order valence-corrected chi connectivity index (χ3v) is 3.12. The van der Waals surface area contributed by atoms with Gasteiger partial charge < -0.3 is 10.5 Å². The van der Waals surface area contributed by atoms with Gasteiger partial charge in [-0.25, -0.2) is 0 Å². The Hall–Kier alpha value is -1.75. The van der Waals surface area contributed by atoms with Gasteiger partial charge >= 0.3 is 0 Å². The number of aliphatic imine (C=N–C) groups is 1. The molecule has 0 aliphatic carbocycles. The summed E-state index contributed by atoms with van der Waals surface area (Å²) in [5.74, 6) is 0.480. The first-order chi connectivity index (χ1) is 8.70. The third kappa shape index (κ3) is 2.92. The van der Waals surface area contributed by atoms with Crippen LogP contribution in [0, 0.1) is 0 Å². The third-order valence-electron chi connectivity index (χ3n) is 2.30. The van der Waals surface area contributed by atoms with Crippen molar-refractivity contribution in [2.24, 2.45) is 10.7 Å². The fraction of sp³-hybridized carbons (Fsp3) is 0.231. The van der Waals surface area contributed by atoms with Crippen LogP contribution in [-0.2, 0) is 4.79 Å². The summed E-state index contributed by atoms with van der Waals surface area (Å²) in [6.45, 7) is 2.70. The predicted molar refractivity (Wildman–Crippen MR) is 74.4 cm³/mol. The zero-order valence-electron chi connectivity index (χ0n) is 10.1. The van der Waals surface area contributed by atoms with Crippen LogP contribution in [0.5, 0.6) is 5.75 Å². The van der Waals surface area contributed by atoms with Crippen molar-refractivity contribution in [2.75, 3.05) is 6.61 Å². The maximum absolute atomic E-state index is 11.5. The lowest BCUT2D eigenvalue weighted by molar-refractivity contribution is -0.113. The summed E-state index contributed by atoms with van der Waals surface area (Å²) in [6, 6.07) is 7.59. The van der Waals surface area contributed by atoms with E-state index in [0.29, 0.717) is 16.7 Å². The molecule has 0 fully saturated rings. The van der Waals surface area contributed by atoms with E-state index in [2.05, 4.69) is 4.99 Å². The van der Waals surface area contributed by atoms with Gasteiger partial charge in [-0.2, -0.15) is 4.99 Å². The number of ether oxygens (including phenoxy) is 1. The summed E-state index contributed by atoms with van der Waals surface area (Å²) in [5.41, 5.74) is 6.37. The first kappa shape index (κ1) is 12.7. The summed E-state index contributed by atoms with van der Waals surface area (Å²) in [5, 5.41) is 0.290. The highest BCUT2D eigenvalue weighted by Crippen LogP contribution is 2.29. The van der Waals surface area contributed by atoms with Crippen molar-refractivity contribution in [1.82, 2.24) is 0 Å². The smallest absolute Gasteiger partial charge is 0.286 e. The minimum Gasteiger partial charge on any atom is -0.493 e. The molecule has 18 heavy (non-hydrogen) atoms.